The van der Waals surface area contributed by atoms with Crippen molar-refractivity contribution in [2.24, 2.45) is 5.14 Å². The van der Waals surface area contributed by atoms with Gasteiger partial charge in [-0.05, 0) is 35.7 Å². The Morgan fingerprint density at radius 2 is 1.90 bits per heavy atom. The van der Waals surface area contributed by atoms with Crippen molar-refractivity contribution in [3.8, 4) is 11.1 Å². The molecule has 0 saturated carbocycles. The van der Waals surface area contributed by atoms with Crippen LogP contribution in [0, 0.1) is 0 Å². The van der Waals surface area contributed by atoms with E-state index in [1.807, 2.05) is 18.2 Å². The van der Waals surface area contributed by atoms with Gasteiger partial charge in [0.2, 0.25) is 10.0 Å². The van der Waals surface area contributed by atoms with Crippen molar-refractivity contribution in [3.63, 3.8) is 0 Å². The molecule has 2 N–H and O–H groups in total. The predicted octanol–water partition coefficient (Wildman–Crippen LogP) is 1.99. The number of nitrogens with two attached hydrogens (primary N) is 1. The Morgan fingerprint density at radius 3 is 2.65 bits per heavy atom. The van der Waals surface area contributed by atoms with Gasteiger partial charge in [0.25, 0.3) is 0 Å². The van der Waals surface area contributed by atoms with Gasteiger partial charge in [0.1, 0.15) is 0 Å². The summed E-state index contributed by atoms with van der Waals surface area (Å²) in [5.74, 6) is 0. The summed E-state index contributed by atoms with van der Waals surface area (Å²) in [6.45, 7) is 0.996. The minimum absolute atomic E-state index is 0.173. The maximum Gasteiger partial charge on any atom is 0.238 e. The zero-order valence-corrected chi connectivity index (χ0v) is 12.0. The molecule has 0 unspecified atom stereocenters. The van der Waals surface area contributed by atoms with Crippen LogP contribution < -0.4 is 10.0 Å². The molecule has 0 amide bonds. The Balaban J connectivity index is 2.16. The van der Waals surface area contributed by atoms with Gasteiger partial charge < -0.3 is 4.90 Å². The predicted molar refractivity (Wildman–Crippen MR) is 80.2 cm³/mol. The molecule has 0 aliphatic carbocycles. The Morgan fingerprint density at radius 1 is 1.15 bits per heavy atom. The second-order valence-electron chi connectivity index (χ2n) is 5.06. The zero-order valence-electron chi connectivity index (χ0n) is 11.2. The van der Waals surface area contributed by atoms with Crippen LogP contribution in [0.3, 0.4) is 0 Å². The molecular formula is C15H16N2O2S. The number of benzene rings is 2. The highest BCUT2D eigenvalue weighted by atomic mass is 32.2. The standard InChI is InChI=1S/C15H16N2O2S/c1-17-9-8-12-10-11(6-7-14(12)17)13-4-2-3-5-15(13)20(16,18)19/h2-7,10H,8-9H2,1H3,(H2,16,18,19). The third-order valence-electron chi connectivity index (χ3n) is 3.71. The highest BCUT2D eigenvalue weighted by Crippen LogP contribution is 2.33. The van der Waals surface area contributed by atoms with Crippen LogP contribution >= 0.6 is 0 Å². The molecule has 0 spiro atoms. The average Bonchev–Trinajstić information content (AvgIpc) is 2.79. The largest absolute Gasteiger partial charge is 0.374 e. The molecule has 104 valence electrons. The SMILES string of the molecule is CN1CCc2cc(-c3ccccc3S(N)(=O)=O)ccc21. The fraction of sp³-hybridized carbons (Fsp3) is 0.200. The third kappa shape index (κ3) is 2.19. The number of sulfonamides is 1. The number of hydrogen-bond donors (Lipinski definition) is 1. The average molecular weight is 288 g/mol. The van der Waals surface area contributed by atoms with E-state index in [1.165, 1.54) is 11.3 Å². The number of rotatable bonds is 2. The molecule has 2 aromatic rings. The van der Waals surface area contributed by atoms with Crippen LogP contribution in [0.5, 0.6) is 0 Å². The van der Waals surface area contributed by atoms with Gasteiger partial charge in [0, 0.05) is 24.8 Å². The van der Waals surface area contributed by atoms with Gasteiger partial charge in [-0.15, -0.1) is 0 Å². The van der Waals surface area contributed by atoms with E-state index in [9.17, 15) is 8.42 Å². The summed E-state index contributed by atoms with van der Waals surface area (Å²) in [4.78, 5) is 2.37. The maximum atomic E-state index is 11.7. The molecule has 0 atom stereocenters. The lowest BCUT2D eigenvalue weighted by Crippen LogP contribution is -2.13. The van der Waals surface area contributed by atoms with E-state index in [1.54, 1.807) is 18.2 Å². The van der Waals surface area contributed by atoms with Crippen LogP contribution in [0.15, 0.2) is 47.4 Å². The van der Waals surface area contributed by atoms with E-state index in [-0.39, 0.29) is 4.90 Å². The summed E-state index contributed by atoms with van der Waals surface area (Å²) >= 11 is 0. The van der Waals surface area contributed by atoms with Gasteiger partial charge in [0.15, 0.2) is 0 Å². The third-order valence-corrected chi connectivity index (χ3v) is 4.68. The second kappa shape index (κ2) is 4.61. The molecule has 0 bridgehead atoms. The van der Waals surface area contributed by atoms with E-state index in [2.05, 4.69) is 18.0 Å². The van der Waals surface area contributed by atoms with Crippen LogP contribution in [-0.4, -0.2) is 22.0 Å². The molecule has 0 fully saturated rings. The number of hydrogen-bond acceptors (Lipinski definition) is 3. The molecule has 5 heteroatoms. The monoisotopic (exact) mass is 288 g/mol. The molecule has 1 aliphatic rings. The number of anilines is 1. The van der Waals surface area contributed by atoms with E-state index in [4.69, 9.17) is 5.14 Å². The van der Waals surface area contributed by atoms with Crippen molar-refractivity contribution in [2.75, 3.05) is 18.5 Å². The van der Waals surface area contributed by atoms with Crippen LogP contribution in [0.1, 0.15) is 5.56 Å². The Bertz CT molecular complexity index is 769. The normalized spacial score (nSPS) is 14.4. The molecule has 2 aromatic carbocycles. The van der Waals surface area contributed by atoms with E-state index >= 15 is 0 Å². The Hall–Kier alpha value is -1.85. The first-order valence-corrected chi connectivity index (χ1v) is 7.98. The molecule has 3 rings (SSSR count). The minimum Gasteiger partial charge on any atom is -0.374 e. The van der Waals surface area contributed by atoms with Crippen molar-refractivity contribution in [1.82, 2.24) is 0 Å². The van der Waals surface area contributed by atoms with E-state index in [0.717, 1.165) is 18.5 Å². The Kier molecular flexibility index (Phi) is 3.03. The summed E-state index contributed by atoms with van der Waals surface area (Å²) in [5, 5.41) is 5.29. The molecule has 0 saturated heterocycles. The quantitative estimate of drug-likeness (QED) is 0.919. The van der Waals surface area contributed by atoms with Gasteiger partial charge in [-0.3, -0.25) is 0 Å². The van der Waals surface area contributed by atoms with E-state index in [0.29, 0.717) is 5.56 Å². The van der Waals surface area contributed by atoms with Crippen LogP contribution in [0.4, 0.5) is 5.69 Å². The molecule has 0 aromatic heterocycles. The van der Waals surface area contributed by atoms with Crippen LogP contribution in [0.25, 0.3) is 11.1 Å². The summed E-state index contributed by atoms with van der Waals surface area (Å²) in [5.41, 5.74) is 4.01. The Labute approximate surface area is 118 Å². The number of fused-ring (bicyclic) bond motifs is 1. The smallest absolute Gasteiger partial charge is 0.238 e. The molecule has 1 heterocycles. The lowest BCUT2D eigenvalue weighted by Gasteiger charge is -2.13. The van der Waals surface area contributed by atoms with Gasteiger partial charge >= 0.3 is 0 Å². The lowest BCUT2D eigenvalue weighted by atomic mass is 10.0. The van der Waals surface area contributed by atoms with Gasteiger partial charge in [0.05, 0.1) is 4.90 Å². The van der Waals surface area contributed by atoms with Crippen LogP contribution in [-0.2, 0) is 16.4 Å². The summed E-state index contributed by atoms with van der Waals surface area (Å²) < 4.78 is 23.4. The van der Waals surface area contributed by atoms with Crippen molar-refractivity contribution < 1.29 is 8.42 Å². The minimum atomic E-state index is -3.72. The van der Waals surface area contributed by atoms with Gasteiger partial charge in [-0.1, -0.05) is 24.3 Å². The maximum absolute atomic E-state index is 11.7. The van der Waals surface area contributed by atoms with Crippen molar-refractivity contribution >= 4 is 15.7 Å². The highest BCUT2D eigenvalue weighted by Gasteiger charge is 2.19. The summed E-state index contributed by atoms with van der Waals surface area (Å²) in [7, 11) is -1.66. The van der Waals surface area contributed by atoms with Gasteiger partial charge in [-0.25, -0.2) is 13.6 Å². The topological polar surface area (TPSA) is 63.4 Å². The first-order chi connectivity index (χ1) is 9.47. The fourth-order valence-corrected chi connectivity index (χ4v) is 3.45. The van der Waals surface area contributed by atoms with Gasteiger partial charge in [-0.2, -0.15) is 0 Å². The first-order valence-electron chi connectivity index (χ1n) is 6.43. The molecular weight excluding hydrogens is 272 g/mol. The molecule has 1 aliphatic heterocycles. The highest BCUT2D eigenvalue weighted by molar-refractivity contribution is 7.89. The summed E-state index contributed by atoms with van der Waals surface area (Å²) in [6.07, 6.45) is 0.983. The zero-order chi connectivity index (χ0) is 14.3. The molecule has 20 heavy (non-hydrogen) atoms. The second-order valence-corrected chi connectivity index (χ2v) is 6.59. The summed E-state index contributed by atoms with van der Waals surface area (Å²) in [6, 6.07) is 12.9. The van der Waals surface area contributed by atoms with Crippen molar-refractivity contribution in [2.45, 2.75) is 11.3 Å². The number of likely N-dealkylation sites (N-methyl/N-ethyl adjacent to an activating group) is 1. The number of nitrogens with zero attached hydrogens (tertiary/aromatic N) is 1. The van der Waals surface area contributed by atoms with E-state index < -0.39 is 10.0 Å². The molecule has 4 nitrogen and oxygen atoms in total. The van der Waals surface area contributed by atoms with Crippen LogP contribution in [0.2, 0.25) is 0 Å². The van der Waals surface area contributed by atoms with Crippen molar-refractivity contribution in [1.29, 1.82) is 0 Å². The molecule has 0 radical (unpaired) electrons. The fourth-order valence-electron chi connectivity index (χ4n) is 2.69. The lowest BCUT2D eigenvalue weighted by molar-refractivity contribution is 0.598. The number of primary sulfonamides is 1. The first kappa shape index (κ1) is 13.1. The van der Waals surface area contributed by atoms with Crippen molar-refractivity contribution in [3.05, 3.63) is 48.0 Å².